The van der Waals surface area contributed by atoms with Gasteiger partial charge < -0.3 is 29.7 Å². The third kappa shape index (κ3) is 11.8. The molecule has 1 aliphatic rings. The first-order valence-electron chi connectivity index (χ1n) is 16.9. The molecule has 12 nitrogen and oxygen atoms in total. The molecule has 0 unspecified atom stereocenters. The van der Waals surface area contributed by atoms with Gasteiger partial charge in [0.2, 0.25) is 5.91 Å². The number of carbonyl (C=O) groups is 5. The maximum atomic E-state index is 13.7. The summed E-state index contributed by atoms with van der Waals surface area (Å²) < 4.78 is 15.5. The van der Waals surface area contributed by atoms with Gasteiger partial charge in [0.1, 0.15) is 17.7 Å². The maximum absolute atomic E-state index is 13.7. The van der Waals surface area contributed by atoms with Crippen LogP contribution in [-0.2, 0) is 35.0 Å². The first-order valence-corrected chi connectivity index (χ1v) is 16.9. The number of benzene rings is 2. The van der Waals surface area contributed by atoms with Gasteiger partial charge in [0.15, 0.2) is 0 Å². The van der Waals surface area contributed by atoms with Gasteiger partial charge in [0.25, 0.3) is 0 Å². The second kappa shape index (κ2) is 18.2. The van der Waals surface area contributed by atoms with Crippen LogP contribution < -0.4 is 10.6 Å². The van der Waals surface area contributed by atoms with Gasteiger partial charge in [-0.05, 0) is 63.6 Å². The van der Waals surface area contributed by atoms with E-state index >= 15 is 0 Å². The molecule has 1 fully saturated rings. The van der Waals surface area contributed by atoms with Crippen LogP contribution in [0, 0.1) is 12.8 Å². The molecule has 49 heavy (non-hydrogen) atoms. The van der Waals surface area contributed by atoms with Crippen LogP contribution in [0.3, 0.4) is 0 Å². The van der Waals surface area contributed by atoms with Crippen molar-refractivity contribution >= 4 is 30.0 Å². The molecule has 0 spiro atoms. The summed E-state index contributed by atoms with van der Waals surface area (Å²) in [6.07, 6.45) is 2.15. The Kier molecular flexibility index (Phi) is 14.5. The first kappa shape index (κ1) is 38.8. The van der Waals surface area contributed by atoms with E-state index in [0.717, 1.165) is 23.1 Å². The van der Waals surface area contributed by atoms with E-state index in [9.17, 15) is 24.0 Å². The zero-order valence-electron chi connectivity index (χ0n) is 29.9. The van der Waals surface area contributed by atoms with Crippen LogP contribution in [0.1, 0.15) is 64.5 Å². The Hall–Kier alpha value is -4.61. The van der Waals surface area contributed by atoms with Crippen molar-refractivity contribution in [1.82, 2.24) is 20.4 Å². The number of amides is 4. The highest BCUT2D eigenvalue weighted by atomic mass is 16.6. The molecule has 0 bridgehead atoms. The Labute approximate surface area is 289 Å². The summed E-state index contributed by atoms with van der Waals surface area (Å²) in [5.41, 5.74) is 3.39. The molecule has 0 radical (unpaired) electrons. The van der Waals surface area contributed by atoms with Crippen molar-refractivity contribution in [3.05, 3.63) is 59.7 Å². The van der Waals surface area contributed by atoms with Gasteiger partial charge in [-0.25, -0.2) is 14.4 Å². The Balaban J connectivity index is 1.70. The summed E-state index contributed by atoms with van der Waals surface area (Å²) in [6, 6.07) is 13.7. The van der Waals surface area contributed by atoms with Crippen molar-refractivity contribution < 1.29 is 38.2 Å². The lowest BCUT2D eigenvalue weighted by molar-refractivity contribution is -0.146. The van der Waals surface area contributed by atoms with Crippen molar-refractivity contribution in [1.29, 1.82) is 0 Å². The molecule has 1 saturated heterocycles. The summed E-state index contributed by atoms with van der Waals surface area (Å²) in [6.45, 7) is 9.78. The molecule has 12 heteroatoms. The number of hydrogen-bond acceptors (Lipinski definition) is 8. The van der Waals surface area contributed by atoms with Gasteiger partial charge in [0, 0.05) is 32.6 Å². The van der Waals surface area contributed by atoms with E-state index in [4.69, 9.17) is 14.2 Å². The van der Waals surface area contributed by atoms with Crippen molar-refractivity contribution in [3.8, 4) is 11.1 Å². The fourth-order valence-corrected chi connectivity index (χ4v) is 5.59. The van der Waals surface area contributed by atoms with E-state index in [1.54, 1.807) is 20.8 Å². The van der Waals surface area contributed by atoms with Gasteiger partial charge in [-0.3, -0.25) is 14.5 Å². The summed E-state index contributed by atoms with van der Waals surface area (Å²) in [4.78, 5) is 68.2. The Morgan fingerprint density at radius 1 is 0.939 bits per heavy atom. The van der Waals surface area contributed by atoms with E-state index in [2.05, 4.69) is 10.6 Å². The normalized spacial score (nSPS) is 15.5. The van der Waals surface area contributed by atoms with Crippen LogP contribution in [0.2, 0.25) is 0 Å². The fraction of sp³-hybridized carbons (Fsp3) is 0.541. The Morgan fingerprint density at radius 2 is 1.55 bits per heavy atom. The molecule has 2 aromatic rings. The highest BCUT2D eigenvalue weighted by Gasteiger charge is 2.37. The zero-order chi connectivity index (χ0) is 36.1. The molecule has 0 aliphatic carbocycles. The van der Waals surface area contributed by atoms with Gasteiger partial charge >= 0.3 is 24.1 Å². The number of methoxy groups -OCH3 is 2. The number of nitrogens with zero attached hydrogens (tertiary/aromatic N) is 2. The van der Waals surface area contributed by atoms with E-state index in [1.165, 1.54) is 29.6 Å². The van der Waals surface area contributed by atoms with E-state index in [0.29, 0.717) is 32.4 Å². The SMILES string of the molecule is CCCCN(C[C@@H](CNC(=O)[C@@H]1CCCN1C(=O)OC(C)(C)C)C(=O)OC)C(=O)N[C@@H](Cc1ccc(-c2ccc(C)cc2)cc1)C(=O)OC. The monoisotopic (exact) mass is 680 g/mol. The van der Waals surface area contributed by atoms with Crippen LogP contribution in [0.15, 0.2) is 48.5 Å². The minimum atomic E-state index is -0.982. The third-order valence-electron chi connectivity index (χ3n) is 8.31. The molecule has 3 rings (SSSR count). The van der Waals surface area contributed by atoms with E-state index in [1.807, 2.05) is 62.4 Å². The average Bonchev–Trinajstić information content (AvgIpc) is 3.57. The van der Waals surface area contributed by atoms with Gasteiger partial charge in [-0.1, -0.05) is 67.4 Å². The lowest BCUT2D eigenvalue weighted by atomic mass is 10.00. The second-order valence-corrected chi connectivity index (χ2v) is 13.4. The van der Waals surface area contributed by atoms with Crippen molar-refractivity contribution in [3.63, 3.8) is 0 Å². The predicted molar refractivity (Wildman–Crippen MR) is 186 cm³/mol. The fourth-order valence-electron chi connectivity index (χ4n) is 5.59. The summed E-state index contributed by atoms with van der Waals surface area (Å²) in [5.74, 6) is -2.53. The number of unbranched alkanes of at least 4 members (excludes halogenated alkanes) is 1. The molecule has 2 N–H and O–H groups in total. The quantitative estimate of drug-likeness (QED) is 0.213. The van der Waals surface area contributed by atoms with Crippen LogP contribution in [0.5, 0.6) is 0 Å². The van der Waals surface area contributed by atoms with Crippen molar-refractivity contribution in [2.24, 2.45) is 5.92 Å². The predicted octanol–water partition coefficient (Wildman–Crippen LogP) is 4.86. The third-order valence-corrected chi connectivity index (χ3v) is 8.31. The maximum Gasteiger partial charge on any atom is 0.410 e. The highest BCUT2D eigenvalue weighted by molar-refractivity contribution is 5.87. The average molecular weight is 681 g/mol. The lowest BCUT2D eigenvalue weighted by Crippen LogP contribution is -2.53. The van der Waals surface area contributed by atoms with Crippen LogP contribution in [0.25, 0.3) is 11.1 Å². The minimum absolute atomic E-state index is 0.0711. The molecule has 3 atom stereocenters. The molecule has 4 amide bonds. The standard InChI is InChI=1S/C37H52N4O8/c1-8-9-20-40(24-29(33(43)47-6)23-38-32(42)31-11-10-21-41(31)36(46)49-37(3,4)5)35(45)39-30(34(44)48-7)22-26-14-18-28(19-15-26)27-16-12-25(2)13-17-27/h12-19,29-31H,8-11,20-24H2,1-7H3,(H,38,42)(H,39,45)/t29-,30+,31+/m1/s1. The second-order valence-electron chi connectivity index (χ2n) is 13.4. The molecular weight excluding hydrogens is 628 g/mol. The topological polar surface area (TPSA) is 144 Å². The Bertz CT molecular complexity index is 1420. The number of nitrogens with one attached hydrogen (secondary N) is 2. The van der Waals surface area contributed by atoms with Crippen molar-refractivity contribution in [2.45, 2.75) is 84.4 Å². The Morgan fingerprint density at radius 3 is 2.12 bits per heavy atom. The van der Waals surface area contributed by atoms with Gasteiger partial charge in [-0.15, -0.1) is 0 Å². The number of carbonyl (C=O) groups excluding carboxylic acids is 5. The van der Waals surface area contributed by atoms with Crippen LogP contribution in [-0.4, -0.2) is 97.9 Å². The molecular formula is C37H52N4O8. The molecule has 1 aliphatic heterocycles. The smallest absolute Gasteiger partial charge is 0.410 e. The van der Waals surface area contributed by atoms with E-state index in [-0.39, 0.29) is 19.5 Å². The number of likely N-dealkylation sites (tertiary alicyclic amines) is 1. The molecule has 0 aromatic heterocycles. The summed E-state index contributed by atoms with van der Waals surface area (Å²) in [7, 11) is 2.51. The molecule has 268 valence electrons. The van der Waals surface area contributed by atoms with Gasteiger partial charge in [-0.2, -0.15) is 0 Å². The van der Waals surface area contributed by atoms with Crippen LogP contribution >= 0.6 is 0 Å². The lowest BCUT2D eigenvalue weighted by Gasteiger charge is -2.30. The minimum Gasteiger partial charge on any atom is -0.469 e. The highest BCUT2D eigenvalue weighted by Crippen LogP contribution is 2.22. The number of esters is 2. The number of urea groups is 1. The number of aryl methyl sites for hydroxylation is 1. The first-order chi connectivity index (χ1) is 23.3. The zero-order valence-corrected chi connectivity index (χ0v) is 29.9. The number of hydrogen-bond donors (Lipinski definition) is 2. The number of ether oxygens (including phenoxy) is 3. The number of rotatable bonds is 14. The van der Waals surface area contributed by atoms with Gasteiger partial charge in [0.05, 0.1) is 20.1 Å². The van der Waals surface area contributed by atoms with Crippen LogP contribution in [0.4, 0.5) is 9.59 Å². The molecule has 0 saturated carbocycles. The summed E-state index contributed by atoms with van der Waals surface area (Å²) in [5, 5.41) is 5.59. The molecule has 2 aromatic carbocycles. The van der Waals surface area contributed by atoms with E-state index < -0.39 is 53.6 Å². The summed E-state index contributed by atoms with van der Waals surface area (Å²) >= 11 is 0. The largest absolute Gasteiger partial charge is 0.469 e. The molecule has 1 heterocycles. The van der Waals surface area contributed by atoms with Crippen molar-refractivity contribution in [2.75, 3.05) is 40.4 Å².